The molecule has 1 saturated heterocycles. The Hall–Kier alpha value is -3.54. The Morgan fingerprint density at radius 3 is 2.38 bits per heavy atom. The molecule has 228 valence electrons. The highest BCUT2D eigenvalue weighted by Crippen LogP contribution is 2.50. The first-order valence-corrected chi connectivity index (χ1v) is 13.7. The zero-order valence-electron chi connectivity index (χ0n) is 23.2. The van der Waals surface area contributed by atoms with Crippen LogP contribution in [0.3, 0.4) is 0 Å². The highest BCUT2D eigenvalue weighted by Gasteiger charge is 2.71. The molecule has 3 amide bonds. The summed E-state index contributed by atoms with van der Waals surface area (Å²) in [4.78, 5) is 27.3. The molecular weight excluding hydrogens is 566 g/mol. The Balaban J connectivity index is 1.41. The molecule has 0 spiro atoms. The van der Waals surface area contributed by atoms with E-state index >= 15 is 0 Å². The number of amides is 3. The molecular formula is C30H32F6N2O4. The predicted molar refractivity (Wildman–Crippen MR) is 143 cm³/mol. The summed E-state index contributed by atoms with van der Waals surface area (Å²) in [7, 11) is 0. The molecule has 42 heavy (non-hydrogen) atoms. The summed E-state index contributed by atoms with van der Waals surface area (Å²) in [5.41, 5.74) is -6.59. The number of unbranched alkanes of at least 4 members (excludes halogenated alkanes) is 1. The maximum absolute atomic E-state index is 13.4. The molecule has 1 unspecified atom stereocenters. The number of rotatable bonds is 10. The van der Waals surface area contributed by atoms with Crippen molar-refractivity contribution in [1.29, 1.82) is 0 Å². The number of urea groups is 1. The fourth-order valence-electron chi connectivity index (χ4n) is 5.53. The summed E-state index contributed by atoms with van der Waals surface area (Å²) in [6.07, 6.45) is -7.26. The molecule has 0 saturated carbocycles. The molecule has 1 fully saturated rings. The van der Waals surface area contributed by atoms with E-state index < -0.39 is 35.1 Å². The molecule has 0 aromatic heterocycles. The van der Waals surface area contributed by atoms with Gasteiger partial charge in [-0.15, -0.1) is 0 Å². The molecule has 1 atom stereocenters. The Bertz CT molecular complexity index is 1460. The van der Waals surface area contributed by atoms with E-state index in [1.807, 2.05) is 24.3 Å². The molecule has 6 nitrogen and oxygen atoms in total. The zero-order valence-corrected chi connectivity index (χ0v) is 23.2. The number of alkyl halides is 6. The van der Waals surface area contributed by atoms with Gasteiger partial charge in [-0.05, 0) is 72.7 Å². The monoisotopic (exact) mass is 598 g/mol. The summed E-state index contributed by atoms with van der Waals surface area (Å²) >= 11 is 0. The Labute approximate surface area is 238 Å². The number of nitrogens with one attached hydrogen (secondary N) is 1. The fraction of sp³-hybridized carbons (Fsp3) is 0.467. The lowest BCUT2D eigenvalue weighted by Crippen LogP contribution is -2.53. The molecule has 4 rings (SSSR count). The Morgan fingerprint density at radius 2 is 1.71 bits per heavy atom. The minimum atomic E-state index is -5.98. The normalized spacial score (nSPS) is 19.5. The van der Waals surface area contributed by atoms with Crippen LogP contribution in [-0.2, 0) is 16.8 Å². The SMILES string of the molecule is CCCc1cc(C(O)(C(F)(F)F)C(F)(F)F)ccc1OCCCCN1C(=O)NC(C)(C2=c3ccccc3=CCC2)C1=O. The van der Waals surface area contributed by atoms with Crippen LogP contribution in [0.1, 0.15) is 57.1 Å². The van der Waals surface area contributed by atoms with Crippen LogP contribution in [0.2, 0.25) is 0 Å². The number of benzene rings is 2. The maximum Gasteiger partial charge on any atom is 0.430 e. The van der Waals surface area contributed by atoms with Crippen LogP contribution in [0, 0.1) is 0 Å². The second-order valence-corrected chi connectivity index (χ2v) is 10.7. The van der Waals surface area contributed by atoms with Gasteiger partial charge < -0.3 is 15.2 Å². The molecule has 1 heterocycles. The van der Waals surface area contributed by atoms with Crippen molar-refractivity contribution in [3.8, 4) is 5.75 Å². The van der Waals surface area contributed by atoms with E-state index in [1.165, 1.54) is 0 Å². The molecule has 2 N–H and O–H groups in total. The van der Waals surface area contributed by atoms with E-state index in [4.69, 9.17) is 4.74 Å². The quantitative estimate of drug-likeness (QED) is 0.233. The number of hydrogen-bond acceptors (Lipinski definition) is 4. The van der Waals surface area contributed by atoms with Crippen LogP contribution in [-0.4, -0.2) is 53.0 Å². The van der Waals surface area contributed by atoms with Crippen molar-refractivity contribution in [1.82, 2.24) is 10.2 Å². The highest BCUT2D eigenvalue weighted by atomic mass is 19.4. The molecule has 2 aromatic carbocycles. The molecule has 1 aliphatic carbocycles. The average molecular weight is 599 g/mol. The number of nitrogens with zero attached hydrogens (tertiary/aromatic N) is 1. The van der Waals surface area contributed by atoms with Crippen molar-refractivity contribution in [3.05, 3.63) is 64.0 Å². The number of hydrogen-bond donors (Lipinski definition) is 2. The summed E-state index contributed by atoms with van der Waals surface area (Å²) in [6, 6.07) is 9.39. The summed E-state index contributed by atoms with van der Waals surface area (Å²) in [5.74, 6) is -0.262. The second-order valence-electron chi connectivity index (χ2n) is 10.7. The summed E-state index contributed by atoms with van der Waals surface area (Å²) < 4.78 is 85.7. The molecule has 12 heteroatoms. The van der Waals surface area contributed by atoms with Crippen LogP contribution in [0.15, 0.2) is 42.5 Å². The number of fused-ring (bicyclic) bond motifs is 1. The number of imide groups is 1. The third-order valence-corrected chi connectivity index (χ3v) is 7.77. The first kappa shape index (κ1) is 31.4. The van der Waals surface area contributed by atoms with Crippen molar-refractivity contribution in [3.63, 3.8) is 0 Å². The first-order chi connectivity index (χ1) is 19.6. The minimum Gasteiger partial charge on any atom is -0.493 e. The largest absolute Gasteiger partial charge is 0.493 e. The van der Waals surface area contributed by atoms with E-state index in [0.29, 0.717) is 37.8 Å². The zero-order chi connectivity index (χ0) is 30.9. The van der Waals surface area contributed by atoms with Gasteiger partial charge in [0.1, 0.15) is 11.3 Å². The molecule has 2 aromatic rings. The van der Waals surface area contributed by atoms with Gasteiger partial charge in [-0.3, -0.25) is 9.69 Å². The van der Waals surface area contributed by atoms with Crippen molar-refractivity contribution >= 4 is 23.6 Å². The number of carbonyl (C=O) groups excluding carboxylic acids is 2. The number of halogens is 6. The van der Waals surface area contributed by atoms with E-state index in [9.17, 15) is 41.0 Å². The predicted octanol–water partition coefficient (Wildman–Crippen LogP) is 4.85. The summed E-state index contributed by atoms with van der Waals surface area (Å²) in [6.45, 7) is 3.55. The third kappa shape index (κ3) is 5.60. The van der Waals surface area contributed by atoms with Crippen LogP contribution in [0.25, 0.3) is 11.6 Å². The molecule has 0 bridgehead atoms. The number of ether oxygens (including phenoxy) is 1. The van der Waals surface area contributed by atoms with Crippen LogP contribution in [0.5, 0.6) is 5.75 Å². The van der Waals surface area contributed by atoms with Gasteiger partial charge in [0.05, 0.1) is 6.61 Å². The van der Waals surface area contributed by atoms with Crippen molar-refractivity contribution in [2.75, 3.05) is 13.2 Å². The van der Waals surface area contributed by atoms with E-state index in [2.05, 4.69) is 11.4 Å². The minimum absolute atomic E-state index is 0.0420. The third-order valence-electron chi connectivity index (χ3n) is 7.77. The van der Waals surface area contributed by atoms with Crippen LogP contribution >= 0.6 is 0 Å². The van der Waals surface area contributed by atoms with Gasteiger partial charge in [0.15, 0.2) is 0 Å². The molecule has 1 aliphatic heterocycles. The second kappa shape index (κ2) is 11.6. The lowest BCUT2D eigenvalue weighted by molar-refractivity contribution is -0.376. The summed E-state index contributed by atoms with van der Waals surface area (Å²) in [5, 5.41) is 14.5. The van der Waals surface area contributed by atoms with Crippen LogP contribution < -0.4 is 20.5 Å². The van der Waals surface area contributed by atoms with Crippen molar-refractivity contribution < 1.29 is 45.8 Å². The number of aliphatic hydroxyl groups is 1. The van der Waals surface area contributed by atoms with Crippen molar-refractivity contribution in [2.24, 2.45) is 0 Å². The first-order valence-electron chi connectivity index (χ1n) is 13.7. The topological polar surface area (TPSA) is 78.9 Å². The maximum atomic E-state index is 13.4. The fourth-order valence-corrected chi connectivity index (χ4v) is 5.53. The van der Waals surface area contributed by atoms with Gasteiger partial charge in [0.25, 0.3) is 11.5 Å². The van der Waals surface area contributed by atoms with Gasteiger partial charge in [0, 0.05) is 12.1 Å². The Morgan fingerprint density at radius 1 is 1.02 bits per heavy atom. The van der Waals surface area contributed by atoms with E-state index in [0.717, 1.165) is 33.4 Å². The standard InChI is InChI=1S/C30H32F6N2O4/c1-3-9-20-18-21(28(41,29(31,32)33)30(34,35)36)14-15-24(20)42-17-7-6-16-38-25(39)27(2,37-26(38)40)23-13-8-11-19-10-4-5-12-22(19)23/h4-5,10-12,14-15,18,41H,3,6-9,13,16-17H2,1-2H3,(H,37,40). The molecule has 0 radical (unpaired) electrons. The van der Waals surface area contributed by atoms with Gasteiger partial charge >= 0.3 is 18.4 Å². The average Bonchev–Trinajstić information content (AvgIpc) is 3.15. The van der Waals surface area contributed by atoms with Gasteiger partial charge in [-0.2, -0.15) is 26.3 Å². The van der Waals surface area contributed by atoms with Gasteiger partial charge in [0.2, 0.25) is 0 Å². The van der Waals surface area contributed by atoms with Crippen molar-refractivity contribution in [2.45, 2.75) is 75.9 Å². The highest BCUT2D eigenvalue weighted by molar-refractivity contribution is 6.12. The van der Waals surface area contributed by atoms with E-state index in [-0.39, 0.29) is 36.8 Å². The van der Waals surface area contributed by atoms with Gasteiger partial charge in [-0.1, -0.05) is 49.8 Å². The lowest BCUT2D eigenvalue weighted by Gasteiger charge is -2.33. The smallest absolute Gasteiger partial charge is 0.430 e. The number of aryl methyl sites for hydroxylation is 1. The number of carbonyl (C=O) groups is 2. The molecule has 2 aliphatic rings. The van der Waals surface area contributed by atoms with Gasteiger partial charge in [-0.25, -0.2) is 4.79 Å². The van der Waals surface area contributed by atoms with Crippen LogP contribution in [0.4, 0.5) is 31.1 Å². The lowest BCUT2D eigenvalue weighted by atomic mass is 9.84. The Kier molecular flexibility index (Phi) is 8.69. The van der Waals surface area contributed by atoms with E-state index in [1.54, 1.807) is 13.8 Å².